The molecule has 0 aliphatic carbocycles. The van der Waals surface area contributed by atoms with Crippen LogP contribution >= 0.6 is 0 Å². The number of hydrogen-bond acceptors (Lipinski definition) is 4. The molecule has 2 N–H and O–H groups in total. The molecule has 1 aliphatic rings. The number of carbonyl (C=O) groups excluding carboxylic acids is 1. The molecule has 7 nitrogen and oxygen atoms in total. The number of carbonyl (C=O) groups is 1. The Kier molecular flexibility index (Phi) is 4.36. The maximum Gasteiger partial charge on any atom is 0.325 e. The third kappa shape index (κ3) is 3.56. The van der Waals surface area contributed by atoms with Crippen LogP contribution in [0.3, 0.4) is 0 Å². The summed E-state index contributed by atoms with van der Waals surface area (Å²) < 4.78 is 0. The third-order valence-corrected chi connectivity index (χ3v) is 4.08. The predicted molar refractivity (Wildman–Crippen MR) is 84.3 cm³/mol. The van der Waals surface area contributed by atoms with Gasteiger partial charge in [0.1, 0.15) is 5.56 Å². The number of aromatic nitrogens is 3. The van der Waals surface area contributed by atoms with Crippen LogP contribution in [0.2, 0.25) is 0 Å². The van der Waals surface area contributed by atoms with E-state index >= 15 is 0 Å². The van der Waals surface area contributed by atoms with E-state index in [1.165, 1.54) is 6.20 Å². The summed E-state index contributed by atoms with van der Waals surface area (Å²) in [5.74, 6) is -0.0161. The highest BCUT2D eigenvalue weighted by Gasteiger charge is 2.26. The summed E-state index contributed by atoms with van der Waals surface area (Å²) in [5.41, 5.74) is -0.277. The van der Waals surface area contributed by atoms with E-state index in [-0.39, 0.29) is 11.5 Å². The van der Waals surface area contributed by atoms with Gasteiger partial charge in [0.2, 0.25) is 0 Å². The average molecular weight is 314 g/mol. The molecule has 1 amide bonds. The summed E-state index contributed by atoms with van der Waals surface area (Å²) in [4.78, 5) is 45.8. The van der Waals surface area contributed by atoms with Gasteiger partial charge < -0.3 is 9.88 Å². The number of hydrogen-bond donors (Lipinski definition) is 2. The van der Waals surface area contributed by atoms with Gasteiger partial charge in [-0.15, -0.1) is 0 Å². The lowest BCUT2D eigenvalue weighted by Gasteiger charge is -2.32. The predicted octanol–water partition coefficient (Wildman–Crippen LogP) is 0.553. The van der Waals surface area contributed by atoms with Gasteiger partial charge in [0, 0.05) is 31.2 Å². The Hall–Kier alpha value is -2.70. The number of nitrogens with zero attached hydrogens (tertiary/aromatic N) is 2. The molecule has 0 bridgehead atoms. The molecule has 0 unspecified atom stereocenters. The zero-order valence-electron chi connectivity index (χ0n) is 12.6. The first-order chi connectivity index (χ1) is 11.1. The molecule has 2 aromatic heterocycles. The Bertz CT molecular complexity index is 797. The van der Waals surface area contributed by atoms with Gasteiger partial charge in [-0.3, -0.25) is 19.6 Å². The molecule has 3 heterocycles. The first-order valence-electron chi connectivity index (χ1n) is 7.64. The summed E-state index contributed by atoms with van der Waals surface area (Å²) in [5, 5.41) is 0. The molecule has 120 valence electrons. The first kappa shape index (κ1) is 15.2. The normalized spacial score (nSPS) is 17.9. The van der Waals surface area contributed by atoms with Gasteiger partial charge in [0.05, 0.1) is 0 Å². The van der Waals surface area contributed by atoms with Crippen LogP contribution in [0.25, 0.3) is 0 Å². The van der Waals surface area contributed by atoms with Crippen LogP contribution in [0.5, 0.6) is 0 Å². The topological polar surface area (TPSA) is 98.9 Å². The molecular weight excluding hydrogens is 296 g/mol. The highest BCUT2D eigenvalue weighted by atomic mass is 16.2. The van der Waals surface area contributed by atoms with Crippen molar-refractivity contribution in [2.45, 2.75) is 19.3 Å². The standard InChI is InChI=1S/C16H18N4O3/c21-14-13(9-18-16(23)19-14)15(22)20-7-3-4-11(10-20)8-12-5-1-2-6-17-12/h1-2,5-6,9,11H,3-4,7-8,10H2,(H2,18,19,21,23)/t11-/m0/s1. The van der Waals surface area contributed by atoms with Crippen LogP contribution in [-0.4, -0.2) is 38.8 Å². The minimum atomic E-state index is -0.648. The van der Waals surface area contributed by atoms with Crippen molar-refractivity contribution in [2.24, 2.45) is 5.92 Å². The van der Waals surface area contributed by atoms with Crippen LogP contribution in [0.15, 0.2) is 40.2 Å². The number of rotatable bonds is 3. The van der Waals surface area contributed by atoms with Crippen molar-refractivity contribution < 1.29 is 4.79 Å². The first-order valence-corrected chi connectivity index (χ1v) is 7.64. The summed E-state index contributed by atoms with van der Waals surface area (Å²) in [6.07, 6.45) is 5.69. The molecule has 0 aromatic carbocycles. The van der Waals surface area contributed by atoms with Crippen molar-refractivity contribution in [1.29, 1.82) is 0 Å². The number of amides is 1. The van der Waals surface area contributed by atoms with Crippen molar-refractivity contribution in [3.8, 4) is 0 Å². The largest absolute Gasteiger partial charge is 0.338 e. The second kappa shape index (κ2) is 6.60. The van der Waals surface area contributed by atoms with E-state index in [4.69, 9.17) is 0 Å². The van der Waals surface area contributed by atoms with Gasteiger partial charge >= 0.3 is 5.69 Å². The fourth-order valence-corrected chi connectivity index (χ4v) is 2.97. The zero-order valence-corrected chi connectivity index (χ0v) is 12.6. The summed E-state index contributed by atoms with van der Waals surface area (Å²) in [6.45, 7) is 1.21. The monoisotopic (exact) mass is 314 g/mol. The average Bonchev–Trinajstić information content (AvgIpc) is 2.55. The van der Waals surface area contributed by atoms with E-state index in [1.54, 1.807) is 11.1 Å². The highest BCUT2D eigenvalue weighted by molar-refractivity contribution is 5.93. The van der Waals surface area contributed by atoms with E-state index in [0.29, 0.717) is 19.0 Å². The molecule has 0 spiro atoms. The smallest absolute Gasteiger partial charge is 0.325 e. The van der Waals surface area contributed by atoms with E-state index in [2.05, 4.69) is 15.0 Å². The third-order valence-electron chi connectivity index (χ3n) is 4.08. The van der Waals surface area contributed by atoms with Crippen molar-refractivity contribution in [3.05, 3.63) is 62.7 Å². The number of pyridine rings is 1. The molecule has 1 atom stereocenters. The van der Waals surface area contributed by atoms with Crippen molar-refractivity contribution >= 4 is 5.91 Å². The Balaban J connectivity index is 1.71. The molecule has 1 saturated heterocycles. The maximum absolute atomic E-state index is 12.5. The molecule has 1 fully saturated rings. The summed E-state index contributed by atoms with van der Waals surface area (Å²) in [6, 6.07) is 5.81. The summed E-state index contributed by atoms with van der Waals surface area (Å²) >= 11 is 0. The lowest BCUT2D eigenvalue weighted by Crippen LogP contribution is -2.43. The molecule has 0 radical (unpaired) electrons. The fraction of sp³-hybridized carbons (Fsp3) is 0.375. The van der Waals surface area contributed by atoms with E-state index in [1.807, 2.05) is 18.2 Å². The molecule has 7 heteroatoms. The van der Waals surface area contributed by atoms with Crippen molar-refractivity contribution in [1.82, 2.24) is 19.9 Å². The van der Waals surface area contributed by atoms with Crippen LogP contribution in [-0.2, 0) is 6.42 Å². The van der Waals surface area contributed by atoms with Crippen LogP contribution in [0.1, 0.15) is 28.9 Å². The molecule has 0 saturated carbocycles. The zero-order chi connectivity index (χ0) is 16.2. The van der Waals surface area contributed by atoms with E-state index in [0.717, 1.165) is 25.0 Å². The molecule has 23 heavy (non-hydrogen) atoms. The van der Waals surface area contributed by atoms with Crippen molar-refractivity contribution in [3.63, 3.8) is 0 Å². The lowest BCUT2D eigenvalue weighted by molar-refractivity contribution is 0.0670. The molecular formula is C16H18N4O3. The minimum Gasteiger partial charge on any atom is -0.338 e. The van der Waals surface area contributed by atoms with Gasteiger partial charge in [0.25, 0.3) is 11.5 Å². The SMILES string of the molecule is O=C(c1c[nH]c(=O)[nH]c1=O)N1CCC[C@@H](Cc2ccccn2)C1. The Morgan fingerprint density at radius 3 is 2.96 bits per heavy atom. The van der Waals surface area contributed by atoms with E-state index < -0.39 is 11.2 Å². The molecule has 1 aliphatic heterocycles. The van der Waals surface area contributed by atoms with Gasteiger partial charge in [-0.2, -0.15) is 0 Å². The van der Waals surface area contributed by atoms with Crippen LogP contribution < -0.4 is 11.2 Å². The Labute approximate surface area is 132 Å². The number of piperidine rings is 1. The van der Waals surface area contributed by atoms with E-state index in [9.17, 15) is 14.4 Å². The lowest BCUT2D eigenvalue weighted by atomic mass is 9.93. The Morgan fingerprint density at radius 2 is 2.22 bits per heavy atom. The quantitative estimate of drug-likeness (QED) is 0.864. The van der Waals surface area contributed by atoms with Gasteiger partial charge in [-0.25, -0.2) is 4.79 Å². The molecule has 3 rings (SSSR count). The minimum absolute atomic E-state index is 0.0249. The summed E-state index contributed by atoms with van der Waals surface area (Å²) in [7, 11) is 0. The number of aromatic amines is 2. The van der Waals surface area contributed by atoms with Crippen LogP contribution in [0.4, 0.5) is 0 Å². The van der Waals surface area contributed by atoms with Crippen molar-refractivity contribution in [2.75, 3.05) is 13.1 Å². The highest BCUT2D eigenvalue weighted by Crippen LogP contribution is 2.21. The van der Waals surface area contributed by atoms with Gasteiger partial charge in [-0.1, -0.05) is 6.07 Å². The number of likely N-dealkylation sites (tertiary alicyclic amines) is 1. The Morgan fingerprint density at radius 1 is 1.35 bits per heavy atom. The maximum atomic E-state index is 12.5. The van der Waals surface area contributed by atoms with Crippen LogP contribution in [0, 0.1) is 5.92 Å². The fourth-order valence-electron chi connectivity index (χ4n) is 2.97. The second-order valence-electron chi connectivity index (χ2n) is 5.77. The number of H-pyrrole nitrogens is 2. The second-order valence-corrected chi connectivity index (χ2v) is 5.77. The van der Waals surface area contributed by atoms with Gasteiger partial charge in [-0.05, 0) is 37.3 Å². The number of nitrogens with one attached hydrogen (secondary N) is 2. The molecule has 2 aromatic rings. The van der Waals surface area contributed by atoms with Gasteiger partial charge in [0.15, 0.2) is 0 Å².